The van der Waals surface area contributed by atoms with Gasteiger partial charge in [0.25, 0.3) is 5.91 Å². The summed E-state index contributed by atoms with van der Waals surface area (Å²) in [5, 5.41) is 2.77. The van der Waals surface area contributed by atoms with Crippen LogP contribution < -0.4 is 10.1 Å². The first kappa shape index (κ1) is 15.3. The monoisotopic (exact) mass is 347 g/mol. The predicted molar refractivity (Wildman–Crippen MR) is 85.1 cm³/mol. The maximum absolute atomic E-state index is 12.1. The van der Waals surface area contributed by atoms with Crippen LogP contribution in [0.15, 0.2) is 46.9 Å². The lowest BCUT2D eigenvalue weighted by atomic mass is 10.2. The summed E-state index contributed by atoms with van der Waals surface area (Å²) in [6, 6.07) is 11.8. The SMILES string of the molecule is CCOc1ccc(C(=O)Nc2ccc(C=O)cc2)cc1Br. The predicted octanol–water partition coefficient (Wildman–Crippen LogP) is 3.91. The summed E-state index contributed by atoms with van der Waals surface area (Å²) in [7, 11) is 0. The van der Waals surface area contributed by atoms with Crippen molar-refractivity contribution < 1.29 is 14.3 Å². The number of hydrogen-bond donors (Lipinski definition) is 1. The number of halogens is 1. The molecule has 0 saturated carbocycles. The van der Waals surface area contributed by atoms with Crippen molar-refractivity contribution >= 4 is 33.8 Å². The van der Waals surface area contributed by atoms with Gasteiger partial charge >= 0.3 is 0 Å². The second-order valence-corrected chi connectivity index (χ2v) is 5.13. The number of ether oxygens (including phenoxy) is 1. The van der Waals surface area contributed by atoms with E-state index in [2.05, 4.69) is 21.2 Å². The highest BCUT2D eigenvalue weighted by Gasteiger charge is 2.09. The van der Waals surface area contributed by atoms with Crippen LogP contribution in [0.3, 0.4) is 0 Å². The van der Waals surface area contributed by atoms with Gasteiger partial charge in [-0.25, -0.2) is 0 Å². The van der Waals surface area contributed by atoms with Crippen molar-refractivity contribution in [2.45, 2.75) is 6.92 Å². The van der Waals surface area contributed by atoms with Gasteiger partial charge in [-0.15, -0.1) is 0 Å². The third kappa shape index (κ3) is 3.92. The molecule has 0 heterocycles. The fourth-order valence-electron chi connectivity index (χ4n) is 1.76. The highest BCUT2D eigenvalue weighted by Crippen LogP contribution is 2.26. The molecule has 0 saturated heterocycles. The lowest BCUT2D eigenvalue weighted by molar-refractivity contribution is 0.102. The third-order valence-corrected chi connectivity index (χ3v) is 3.42. The van der Waals surface area contributed by atoms with Crippen LogP contribution in [0.4, 0.5) is 5.69 Å². The van der Waals surface area contributed by atoms with Crippen LogP contribution in [-0.4, -0.2) is 18.8 Å². The molecule has 1 amide bonds. The van der Waals surface area contributed by atoms with Crippen molar-refractivity contribution in [3.63, 3.8) is 0 Å². The molecule has 0 atom stereocenters. The molecule has 21 heavy (non-hydrogen) atoms. The molecule has 1 N–H and O–H groups in total. The van der Waals surface area contributed by atoms with Gasteiger partial charge in [0.1, 0.15) is 12.0 Å². The molecule has 108 valence electrons. The van der Waals surface area contributed by atoms with E-state index in [1.54, 1.807) is 42.5 Å². The molecular weight excluding hydrogens is 334 g/mol. The number of hydrogen-bond acceptors (Lipinski definition) is 3. The second-order valence-electron chi connectivity index (χ2n) is 4.27. The van der Waals surface area contributed by atoms with Gasteiger partial charge in [0.05, 0.1) is 11.1 Å². The van der Waals surface area contributed by atoms with Crippen molar-refractivity contribution in [1.29, 1.82) is 0 Å². The standard InChI is InChI=1S/C16H14BrNO3/c1-2-21-15-8-5-12(9-14(15)17)16(20)18-13-6-3-11(10-19)4-7-13/h3-10H,2H2,1H3,(H,18,20). The number of carbonyl (C=O) groups is 2. The lowest BCUT2D eigenvalue weighted by Crippen LogP contribution is -2.12. The van der Waals surface area contributed by atoms with E-state index >= 15 is 0 Å². The smallest absolute Gasteiger partial charge is 0.255 e. The number of anilines is 1. The van der Waals surface area contributed by atoms with Gasteiger partial charge in [-0.1, -0.05) is 0 Å². The molecule has 0 aliphatic rings. The Bertz CT molecular complexity index is 653. The summed E-state index contributed by atoms with van der Waals surface area (Å²) in [6.07, 6.45) is 0.759. The molecule has 0 aromatic heterocycles. The molecule has 5 heteroatoms. The fourth-order valence-corrected chi connectivity index (χ4v) is 2.26. The molecule has 2 aromatic carbocycles. The highest BCUT2D eigenvalue weighted by molar-refractivity contribution is 9.10. The van der Waals surface area contributed by atoms with E-state index in [-0.39, 0.29) is 5.91 Å². The maximum atomic E-state index is 12.1. The van der Waals surface area contributed by atoms with Crippen LogP contribution in [0, 0.1) is 0 Å². The number of carbonyl (C=O) groups excluding carboxylic acids is 2. The second kappa shape index (κ2) is 7.04. The first-order chi connectivity index (χ1) is 10.1. The normalized spacial score (nSPS) is 10.0. The van der Waals surface area contributed by atoms with E-state index in [4.69, 9.17) is 4.74 Å². The zero-order valence-corrected chi connectivity index (χ0v) is 13.0. The first-order valence-corrected chi connectivity index (χ1v) is 7.22. The summed E-state index contributed by atoms with van der Waals surface area (Å²) in [6.45, 7) is 2.46. The number of aldehydes is 1. The highest BCUT2D eigenvalue weighted by atomic mass is 79.9. The average Bonchev–Trinajstić information content (AvgIpc) is 2.50. The topological polar surface area (TPSA) is 55.4 Å². The van der Waals surface area contributed by atoms with Crippen LogP contribution in [0.2, 0.25) is 0 Å². The molecule has 0 unspecified atom stereocenters. The zero-order chi connectivity index (χ0) is 15.2. The van der Waals surface area contributed by atoms with E-state index in [1.807, 2.05) is 6.92 Å². The van der Waals surface area contributed by atoms with Crippen molar-refractivity contribution in [2.24, 2.45) is 0 Å². The van der Waals surface area contributed by atoms with Crippen LogP contribution in [0.5, 0.6) is 5.75 Å². The molecule has 2 aromatic rings. The Labute approximate surface area is 131 Å². The Balaban J connectivity index is 2.12. The van der Waals surface area contributed by atoms with Crippen LogP contribution in [0.25, 0.3) is 0 Å². The summed E-state index contributed by atoms with van der Waals surface area (Å²) in [5.74, 6) is 0.474. The van der Waals surface area contributed by atoms with Gasteiger partial charge in [0, 0.05) is 16.8 Å². The zero-order valence-electron chi connectivity index (χ0n) is 11.4. The molecule has 2 rings (SSSR count). The van der Waals surface area contributed by atoms with Crippen LogP contribution in [-0.2, 0) is 0 Å². The maximum Gasteiger partial charge on any atom is 0.255 e. The molecule has 0 bridgehead atoms. The lowest BCUT2D eigenvalue weighted by Gasteiger charge is -2.09. The Morgan fingerprint density at radius 1 is 1.24 bits per heavy atom. The summed E-state index contributed by atoms with van der Waals surface area (Å²) < 4.78 is 6.13. The summed E-state index contributed by atoms with van der Waals surface area (Å²) in [4.78, 5) is 22.7. The van der Waals surface area contributed by atoms with E-state index in [9.17, 15) is 9.59 Å². The van der Waals surface area contributed by atoms with E-state index in [0.29, 0.717) is 29.2 Å². The Hall–Kier alpha value is -2.14. The number of nitrogens with one attached hydrogen (secondary N) is 1. The van der Waals surface area contributed by atoms with Crippen LogP contribution in [0.1, 0.15) is 27.6 Å². The van der Waals surface area contributed by atoms with Crippen LogP contribution >= 0.6 is 15.9 Å². The molecule has 0 radical (unpaired) electrons. The minimum Gasteiger partial charge on any atom is -0.493 e. The minimum absolute atomic E-state index is 0.224. The van der Waals surface area contributed by atoms with Gasteiger partial charge in [-0.3, -0.25) is 9.59 Å². The van der Waals surface area contributed by atoms with Crippen molar-refractivity contribution in [1.82, 2.24) is 0 Å². The quantitative estimate of drug-likeness (QED) is 0.834. The Kier molecular flexibility index (Phi) is 5.11. The molecule has 0 aliphatic heterocycles. The number of benzene rings is 2. The van der Waals surface area contributed by atoms with E-state index in [0.717, 1.165) is 10.8 Å². The molecule has 0 aliphatic carbocycles. The Morgan fingerprint density at radius 2 is 1.95 bits per heavy atom. The van der Waals surface area contributed by atoms with E-state index in [1.165, 1.54) is 0 Å². The Morgan fingerprint density at radius 3 is 2.52 bits per heavy atom. The molecular formula is C16H14BrNO3. The number of rotatable bonds is 5. The molecule has 0 fully saturated rings. The van der Waals surface area contributed by atoms with E-state index < -0.39 is 0 Å². The molecule has 4 nitrogen and oxygen atoms in total. The average molecular weight is 348 g/mol. The summed E-state index contributed by atoms with van der Waals surface area (Å²) in [5.41, 5.74) is 1.72. The van der Waals surface area contributed by atoms with Gasteiger partial charge in [-0.2, -0.15) is 0 Å². The summed E-state index contributed by atoms with van der Waals surface area (Å²) >= 11 is 3.38. The fraction of sp³-hybridized carbons (Fsp3) is 0.125. The van der Waals surface area contributed by atoms with Gasteiger partial charge in [0.15, 0.2) is 0 Å². The first-order valence-electron chi connectivity index (χ1n) is 6.43. The molecule has 0 spiro atoms. The van der Waals surface area contributed by atoms with Gasteiger partial charge in [0.2, 0.25) is 0 Å². The van der Waals surface area contributed by atoms with Gasteiger partial charge in [-0.05, 0) is 65.3 Å². The van der Waals surface area contributed by atoms with Crippen molar-refractivity contribution in [2.75, 3.05) is 11.9 Å². The van der Waals surface area contributed by atoms with Gasteiger partial charge < -0.3 is 10.1 Å². The third-order valence-electron chi connectivity index (χ3n) is 2.80. The minimum atomic E-state index is -0.224. The van der Waals surface area contributed by atoms with Crippen molar-refractivity contribution in [3.05, 3.63) is 58.1 Å². The number of amides is 1. The van der Waals surface area contributed by atoms with Crippen molar-refractivity contribution in [3.8, 4) is 5.75 Å². The largest absolute Gasteiger partial charge is 0.493 e.